The monoisotopic (exact) mass is 273 g/mol. The van der Waals surface area contributed by atoms with E-state index in [9.17, 15) is 0 Å². The van der Waals surface area contributed by atoms with E-state index >= 15 is 0 Å². The van der Waals surface area contributed by atoms with Crippen molar-refractivity contribution in [1.29, 1.82) is 0 Å². The number of nitrogens with two attached hydrogens (primary N) is 1. The molecule has 3 aromatic rings. The van der Waals surface area contributed by atoms with Crippen LogP contribution in [0.15, 0.2) is 40.5 Å². The van der Waals surface area contributed by atoms with Crippen molar-refractivity contribution in [3.63, 3.8) is 0 Å². The quantitative estimate of drug-likeness (QED) is 0.793. The number of hydrogen-bond acceptors (Lipinski definition) is 6. The first-order valence-corrected chi connectivity index (χ1v) is 6.46. The molecule has 3 aromatic heterocycles. The number of thiophene rings is 1. The van der Waals surface area contributed by atoms with Crippen molar-refractivity contribution in [2.45, 2.75) is 0 Å². The van der Waals surface area contributed by atoms with Crippen molar-refractivity contribution < 1.29 is 9.26 Å². The van der Waals surface area contributed by atoms with Crippen LogP contribution in [0.3, 0.4) is 0 Å². The number of hydrogen-bond donors (Lipinski definition) is 1. The Hall–Kier alpha value is -2.34. The van der Waals surface area contributed by atoms with Gasteiger partial charge in [0.05, 0.1) is 17.6 Å². The largest absolute Gasteiger partial charge is 0.496 e. The number of ether oxygens (including phenoxy) is 1. The number of pyridine rings is 1. The predicted octanol–water partition coefficient (Wildman–Crippen LogP) is 3.06. The molecule has 5 nitrogen and oxygen atoms in total. The summed E-state index contributed by atoms with van der Waals surface area (Å²) < 4.78 is 10.3. The third-order valence-corrected chi connectivity index (χ3v) is 3.65. The zero-order chi connectivity index (χ0) is 13.2. The van der Waals surface area contributed by atoms with Gasteiger partial charge in [0.15, 0.2) is 0 Å². The van der Waals surface area contributed by atoms with Gasteiger partial charge < -0.3 is 15.0 Å². The molecule has 0 saturated heterocycles. The maximum Gasteiger partial charge on any atom is 0.230 e. The van der Waals surface area contributed by atoms with E-state index < -0.39 is 0 Å². The second-order valence-electron chi connectivity index (χ2n) is 3.86. The van der Waals surface area contributed by atoms with E-state index in [1.165, 1.54) is 11.3 Å². The molecule has 96 valence electrons. The van der Waals surface area contributed by atoms with E-state index in [4.69, 9.17) is 15.0 Å². The fourth-order valence-corrected chi connectivity index (χ4v) is 2.66. The molecule has 6 heteroatoms. The lowest BCUT2D eigenvalue weighted by molar-refractivity contribution is 0.416. The summed E-state index contributed by atoms with van der Waals surface area (Å²) in [6, 6.07) is 5.65. The fourth-order valence-electron chi connectivity index (χ4n) is 1.82. The predicted molar refractivity (Wildman–Crippen MR) is 74.0 cm³/mol. The summed E-state index contributed by atoms with van der Waals surface area (Å²) in [7, 11) is 1.63. The maximum atomic E-state index is 5.87. The van der Waals surface area contributed by atoms with Gasteiger partial charge in [-0.05, 0) is 17.7 Å². The van der Waals surface area contributed by atoms with Gasteiger partial charge in [0.25, 0.3) is 0 Å². The smallest absolute Gasteiger partial charge is 0.230 e. The summed E-state index contributed by atoms with van der Waals surface area (Å²) in [5.74, 6) is 1.09. The Morgan fingerprint density at radius 3 is 2.79 bits per heavy atom. The molecule has 0 atom stereocenters. The zero-order valence-electron chi connectivity index (χ0n) is 10.2. The minimum atomic E-state index is 0.300. The Morgan fingerprint density at radius 2 is 2.11 bits per heavy atom. The first kappa shape index (κ1) is 11.7. The lowest BCUT2D eigenvalue weighted by atomic mass is 10.1. The molecule has 19 heavy (non-hydrogen) atoms. The van der Waals surface area contributed by atoms with Crippen molar-refractivity contribution in [3.05, 3.63) is 36.0 Å². The second kappa shape index (κ2) is 4.74. The Kier molecular flexibility index (Phi) is 2.92. The van der Waals surface area contributed by atoms with Crippen molar-refractivity contribution >= 4 is 17.2 Å². The Morgan fingerprint density at radius 1 is 1.32 bits per heavy atom. The average molecular weight is 273 g/mol. The molecule has 0 saturated carbocycles. The number of anilines is 1. The van der Waals surface area contributed by atoms with Crippen LogP contribution in [-0.2, 0) is 0 Å². The lowest BCUT2D eigenvalue weighted by Gasteiger charge is -1.99. The molecule has 0 aliphatic heterocycles. The molecule has 0 fully saturated rings. The van der Waals surface area contributed by atoms with Gasteiger partial charge in [0, 0.05) is 23.8 Å². The molecule has 0 bridgehead atoms. The van der Waals surface area contributed by atoms with E-state index in [2.05, 4.69) is 10.1 Å². The van der Waals surface area contributed by atoms with Gasteiger partial charge in [-0.2, -0.15) is 0 Å². The van der Waals surface area contributed by atoms with Crippen LogP contribution in [0.2, 0.25) is 0 Å². The van der Waals surface area contributed by atoms with Gasteiger partial charge in [0.1, 0.15) is 11.4 Å². The topological polar surface area (TPSA) is 74.2 Å². The molecular weight excluding hydrogens is 262 g/mol. The first-order valence-electron chi connectivity index (χ1n) is 5.58. The molecule has 0 unspecified atom stereocenters. The number of aromatic nitrogens is 2. The highest BCUT2D eigenvalue weighted by molar-refractivity contribution is 7.13. The van der Waals surface area contributed by atoms with Gasteiger partial charge in [-0.1, -0.05) is 5.16 Å². The highest BCUT2D eigenvalue weighted by Crippen LogP contribution is 2.39. The summed E-state index contributed by atoms with van der Waals surface area (Å²) in [5, 5.41) is 5.96. The standard InChI is InChI=1S/C13H11N3O2S/c1-17-9-6-10(19-7-9)12-11(13(14)18-16-12)8-2-4-15-5-3-8/h2-7H,14H2,1H3. The van der Waals surface area contributed by atoms with E-state index in [-0.39, 0.29) is 0 Å². The van der Waals surface area contributed by atoms with Crippen molar-refractivity contribution in [2.75, 3.05) is 12.8 Å². The molecule has 0 aromatic carbocycles. The molecule has 2 N–H and O–H groups in total. The van der Waals surface area contributed by atoms with Crippen LogP contribution in [0, 0.1) is 0 Å². The highest BCUT2D eigenvalue weighted by atomic mass is 32.1. The van der Waals surface area contributed by atoms with Crippen LogP contribution >= 0.6 is 11.3 Å². The maximum absolute atomic E-state index is 5.87. The third kappa shape index (κ3) is 2.06. The van der Waals surface area contributed by atoms with Gasteiger partial charge in [-0.3, -0.25) is 4.98 Å². The van der Waals surface area contributed by atoms with Crippen LogP contribution in [0.5, 0.6) is 5.75 Å². The molecule has 3 heterocycles. The Bertz CT molecular complexity index is 691. The average Bonchev–Trinajstić information content (AvgIpc) is 3.05. The van der Waals surface area contributed by atoms with Crippen molar-refractivity contribution in [2.24, 2.45) is 0 Å². The molecule has 0 radical (unpaired) electrons. The van der Waals surface area contributed by atoms with E-state index in [1.807, 2.05) is 23.6 Å². The highest BCUT2D eigenvalue weighted by Gasteiger charge is 2.18. The number of methoxy groups -OCH3 is 1. The SMILES string of the molecule is COc1csc(-c2noc(N)c2-c2ccncc2)c1. The minimum absolute atomic E-state index is 0.300. The number of nitrogen functional groups attached to an aromatic ring is 1. The molecule has 3 rings (SSSR count). The summed E-state index contributed by atoms with van der Waals surface area (Å²) in [6.45, 7) is 0. The van der Waals surface area contributed by atoms with Gasteiger partial charge in [-0.15, -0.1) is 11.3 Å². The molecule has 0 aliphatic rings. The van der Waals surface area contributed by atoms with E-state index in [0.29, 0.717) is 5.88 Å². The Balaban J connectivity index is 2.13. The van der Waals surface area contributed by atoms with Gasteiger partial charge >= 0.3 is 0 Å². The normalized spacial score (nSPS) is 10.6. The summed E-state index contributed by atoms with van der Waals surface area (Å²) >= 11 is 1.53. The fraction of sp³-hybridized carbons (Fsp3) is 0.0769. The zero-order valence-corrected chi connectivity index (χ0v) is 11.0. The summed E-state index contributed by atoms with van der Waals surface area (Å²) in [6.07, 6.45) is 3.42. The second-order valence-corrected chi connectivity index (χ2v) is 4.77. The van der Waals surface area contributed by atoms with Crippen LogP contribution in [0.25, 0.3) is 21.7 Å². The van der Waals surface area contributed by atoms with E-state index in [0.717, 1.165) is 27.4 Å². The van der Waals surface area contributed by atoms with E-state index in [1.54, 1.807) is 19.5 Å². The van der Waals surface area contributed by atoms with Crippen LogP contribution in [0.1, 0.15) is 0 Å². The van der Waals surface area contributed by atoms with Crippen LogP contribution in [0.4, 0.5) is 5.88 Å². The third-order valence-electron chi connectivity index (χ3n) is 2.73. The van der Waals surface area contributed by atoms with Gasteiger partial charge in [-0.25, -0.2) is 0 Å². The van der Waals surface area contributed by atoms with Crippen molar-refractivity contribution in [3.8, 4) is 27.4 Å². The number of rotatable bonds is 3. The summed E-state index contributed by atoms with van der Waals surface area (Å²) in [5.41, 5.74) is 8.30. The minimum Gasteiger partial charge on any atom is -0.496 e. The van der Waals surface area contributed by atoms with Gasteiger partial charge in [0.2, 0.25) is 5.88 Å². The molecule has 0 spiro atoms. The van der Waals surface area contributed by atoms with Crippen LogP contribution in [-0.4, -0.2) is 17.3 Å². The van der Waals surface area contributed by atoms with Crippen LogP contribution < -0.4 is 10.5 Å². The Labute approximate surface area is 113 Å². The first-order chi connectivity index (χ1) is 9.29. The molecule has 0 aliphatic carbocycles. The number of nitrogens with zero attached hydrogens (tertiary/aromatic N) is 2. The van der Waals surface area contributed by atoms with Crippen molar-refractivity contribution in [1.82, 2.24) is 10.1 Å². The lowest BCUT2D eigenvalue weighted by Crippen LogP contribution is -1.87. The molecule has 0 amide bonds. The molecular formula is C13H11N3O2S. The summed E-state index contributed by atoms with van der Waals surface area (Å²) in [4.78, 5) is 4.94.